The van der Waals surface area contributed by atoms with Crippen molar-refractivity contribution in [3.63, 3.8) is 0 Å². The number of pyridine rings is 1. The van der Waals surface area contributed by atoms with E-state index >= 15 is 0 Å². The van der Waals surface area contributed by atoms with Crippen molar-refractivity contribution >= 4 is 33.4 Å². The van der Waals surface area contributed by atoms with Crippen LogP contribution in [0.15, 0.2) is 53.1 Å². The number of hydrogen-bond acceptors (Lipinski definition) is 6. The van der Waals surface area contributed by atoms with Gasteiger partial charge in [-0.05, 0) is 59.6 Å². The zero-order valence-corrected chi connectivity index (χ0v) is 16.2. The molecule has 0 radical (unpaired) electrons. The number of nitrogens with one attached hydrogen (secondary N) is 2. The zero-order valence-electron chi connectivity index (χ0n) is 14.6. The summed E-state index contributed by atoms with van der Waals surface area (Å²) in [5.74, 6) is 1.07. The normalized spacial score (nSPS) is 11.8. The van der Waals surface area contributed by atoms with Gasteiger partial charge in [-0.2, -0.15) is 4.98 Å². The van der Waals surface area contributed by atoms with E-state index in [1.165, 1.54) is 5.56 Å². The van der Waals surface area contributed by atoms with Crippen molar-refractivity contribution in [1.29, 1.82) is 0 Å². The third kappa shape index (κ3) is 4.56. The summed E-state index contributed by atoms with van der Waals surface area (Å²) in [5.41, 5.74) is 3.51. The Morgan fingerprint density at radius 2 is 1.96 bits per heavy atom. The molecule has 0 saturated carbocycles. The Morgan fingerprint density at radius 1 is 1.12 bits per heavy atom. The second-order valence-electron chi connectivity index (χ2n) is 6.01. The third-order valence-corrected chi connectivity index (χ3v) is 4.35. The quantitative estimate of drug-likeness (QED) is 0.562. The first-order valence-corrected chi connectivity index (χ1v) is 9.05. The highest BCUT2D eigenvalue weighted by molar-refractivity contribution is 9.10. The molecule has 0 fully saturated rings. The molecule has 3 N–H and O–H groups in total. The van der Waals surface area contributed by atoms with E-state index in [1.54, 1.807) is 6.20 Å². The van der Waals surface area contributed by atoms with Crippen molar-refractivity contribution in [2.75, 3.05) is 17.2 Å². The molecule has 134 valence electrons. The summed E-state index contributed by atoms with van der Waals surface area (Å²) < 4.78 is 0.953. The van der Waals surface area contributed by atoms with Crippen LogP contribution in [0.2, 0.25) is 0 Å². The Hall–Kier alpha value is -2.51. The van der Waals surface area contributed by atoms with Crippen molar-refractivity contribution in [1.82, 2.24) is 15.0 Å². The molecule has 26 heavy (non-hydrogen) atoms. The molecule has 3 rings (SSSR count). The van der Waals surface area contributed by atoms with E-state index in [1.807, 2.05) is 56.3 Å². The highest BCUT2D eigenvalue weighted by Crippen LogP contribution is 2.28. The number of anilines is 3. The van der Waals surface area contributed by atoms with E-state index < -0.39 is 0 Å². The minimum Gasteiger partial charge on any atom is -0.394 e. The molecule has 1 atom stereocenters. The largest absolute Gasteiger partial charge is 0.394 e. The zero-order chi connectivity index (χ0) is 18.5. The van der Waals surface area contributed by atoms with Crippen LogP contribution in [0.5, 0.6) is 0 Å². The number of aliphatic hydroxyl groups is 1. The second-order valence-corrected chi connectivity index (χ2v) is 6.87. The van der Waals surface area contributed by atoms with Gasteiger partial charge in [-0.15, -0.1) is 0 Å². The number of aryl methyl sites for hydroxylation is 1. The molecule has 0 saturated heterocycles. The average Bonchev–Trinajstić information content (AvgIpc) is 2.64. The number of rotatable bonds is 6. The first kappa shape index (κ1) is 18.3. The SMILES string of the molecule is Cc1ccc(Nc2cc(-c3ccccn3)nc(N[C@@H](C)CO)n2)c(Br)c1. The van der Waals surface area contributed by atoms with Gasteiger partial charge in [0, 0.05) is 22.8 Å². The fraction of sp³-hybridized carbons (Fsp3) is 0.211. The summed E-state index contributed by atoms with van der Waals surface area (Å²) in [4.78, 5) is 13.4. The summed E-state index contributed by atoms with van der Waals surface area (Å²) in [6.45, 7) is 3.89. The molecule has 0 aliphatic rings. The summed E-state index contributed by atoms with van der Waals surface area (Å²) in [7, 11) is 0. The maximum Gasteiger partial charge on any atom is 0.225 e. The lowest BCUT2D eigenvalue weighted by molar-refractivity contribution is 0.281. The Kier molecular flexibility index (Phi) is 5.80. The average molecular weight is 414 g/mol. The fourth-order valence-corrected chi connectivity index (χ4v) is 2.94. The van der Waals surface area contributed by atoms with Gasteiger partial charge < -0.3 is 15.7 Å². The van der Waals surface area contributed by atoms with Gasteiger partial charge in [-0.1, -0.05) is 12.1 Å². The standard InChI is InChI=1S/C19H20BrN5O/c1-12-6-7-15(14(20)9-12)23-18-10-17(16-5-3-4-8-21-16)24-19(25-18)22-13(2)11-26/h3-10,13,26H,11H2,1-2H3,(H2,22,23,24,25)/t13-/m0/s1. The maximum atomic E-state index is 9.30. The number of aromatic nitrogens is 3. The van der Waals surface area contributed by atoms with Crippen molar-refractivity contribution in [2.24, 2.45) is 0 Å². The molecule has 0 aliphatic heterocycles. The Bertz CT molecular complexity index is 888. The lowest BCUT2D eigenvalue weighted by Crippen LogP contribution is -2.21. The molecular weight excluding hydrogens is 394 g/mol. The summed E-state index contributed by atoms with van der Waals surface area (Å²) >= 11 is 3.57. The Labute approximate surface area is 160 Å². The van der Waals surface area contributed by atoms with Crippen LogP contribution in [0.25, 0.3) is 11.4 Å². The van der Waals surface area contributed by atoms with Crippen LogP contribution < -0.4 is 10.6 Å². The number of benzene rings is 1. The van der Waals surface area contributed by atoms with E-state index in [-0.39, 0.29) is 12.6 Å². The Morgan fingerprint density at radius 3 is 2.65 bits per heavy atom. The number of aliphatic hydroxyl groups excluding tert-OH is 1. The van der Waals surface area contributed by atoms with Crippen LogP contribution in [0, 0.1) is 6.92 Å². The first-order valence-electron chi connectivity index (χ1n) is 8.26. The van der Waals surface area contributed by atoms with Crippen molar-refractivity contribution in [3.05, 3.63) is 58.7 Å². The van der Waals surface area contributed by atoms with Gasteiger partial charge in [-0.25, -0.2) is 4.98 Å². The van der Waals surface area contributed by atoms with E-state index in [0.29, 0.717) is 17.5 Å². The maximum absolute atomic E-state index is 9.30. The summed E-state index contributed by atoms with van der Waals surface area (Å²) in [6, 6.07) is 13.4. The van der Waals surface area contributed by atoms with Crippen LogP contribution in [-0.2, 0) is 0 Å². The fourth-order valence-electron chi connectivity index (χ4n) is 2.35. The molecule has 0 aliphatic carbocycles. The predicted molar refractivity (Wildman–Crippen MR) is 108 cm³/mol. The van der Waals surface area contributed by atoms with Crippen LogP contribution in [0.4, 0.5) is 17.5 Å². The van der Waals surface area contributed by atoms with Crippen molar-refractivity contribution < 1.29 is 5.11 Å². The van der Waals surface area contributed by atoms with Gasteiger partial charge in [0.05, 0.1) is 23.7 Å². The second kappa shape index (κ2) is 8.25. The van der Waals surface area contributed by atoms with Gasteiger partial charge >= 0.3 is 0 Å². The minimum atomic E-state index is -0.159. The lowest BCUT2D eigenvalue weighted by atomic mass is 10.2. The number of nitrogens with zero attached hydrogens (tertiary/aromatic N) is 3. The molecule has 0 amide bonds. The van der Waals surface area contributed by atoms with Crippen LogP contribution in [0.1, 0.15) is 12.5 Å². The monoisotopic (exact) mass is 413 g/mol. The van der Waals surface area contributed by atoms with E-state index in [4.69, 9.17) is 0 Å². The molecule has 2 aromatic heterocycles. The molecule has 3 aromatic rings. The van der Waals surface area contributed by atoms with Gasteiger partial charge in [0.25, 0.3) is 0 Å². The molecule has 0 unspecified atom stereocenters. The van der Waals surface area contributed by atoms with Crippen LogP contribution in [-0.4, -0.2) is 32.7 Å². The highest BCUT2D eigenvalue weighted by atomic mass is 79.9. The Balaban J connectivity index is 1.98. The van der Waals surface area contributed by atoms with Crippen molar-refractivity contribution in [3.8, 4) is 11.4 Å². The first-order chi connectivity index (χ1) is 12.5. The summed E-state index contributed by atoms with van der Waals surface area (Å²) in [6.07, 6.45) is 1.73. The number of hydrogen-bond donors (Lipinski definition) is 3. The van der Waals surface area contributed by atoms with Gasteiger partial charge in [0.2, 0.25) is 5.95 Å². The van der Waals surface area contributed by atoms with E-state index in [0.717, 1.165) is 15.9 Å². The third-order valence-electron chi connectivity index (χ3n) is 3.69. The molecule has 6 nitrogen and oxygen atoms in total. The van der Waals surface area contributed by atoms with Crippen LogP contribution in [0.3, 0.4) is 0 Å². The van der Waals surface area contributed by atoms with E-state index in [2.05, 4.69) is 41.5 Å². The number of halogens is 1. The molecule has 0 bridgehead atoms. The molecule has 0 spiro atoms. The molecule has 2 heterocycles. The van der Waals surface area contributed by atoms with Gasteiger partial charge in [-0.3, -0.25) is 4.98 Å². The molecule has 7 heteroatoms. The smallest absolute Gasteiger partial charge is 0.225 e. The summed E-state index contributed by atoms with van der Waals surface area (Å²) in [5, 5.41) is 15.7. The predicted octanol–water partition coefficient (Wildman–Crippen LogP) is 4.15. The van der Waals surface area contributed by atoms with Crippen LogP contribution >= 0.6 is 15.9 Å². The molecule has 1 aromatic carbocycles. The highest BCUT2D eigenvalue weighted by Gasteiger charge is 2.11. The molecular formula is C19H20BrN5O. The lowest BCUT2D eigenvalue weighted by Gasteiger charge is -2.14. The topological polar surface area (TPSA) is 83.0 Å². The van der Waals surface area contributed by atoms with E-state index in [9.17, 15) is 5.11 Å². The van der Waals surface area contributed by atoms with Crippen molar-refractivity contribution in [2.45, 2.75) is 19.9 Å². The van der Waals surface area contributed by atoms with Gasteiger partial charge in [0.1, 0.15) is 5.82 Å². The van der Waals surface area contributed by atoms with Gasteiger partial charge in [0.15, 0.2) is 0 Å². The minimum absolute atomic E-state index is 0.0105.